The summed E-state index contributed by atoms with van der Waals surface area (Å²) in [5.41, 5.74) is 7.03. The van der Waals surface area contributed by atoms with E-state index in [1.165, 1.54) is 0 Å². The van der Waals surface area contributed by atoms with Crippen molar-refractivity contribution >= 4 is 28.8 Å². The van der Waals surface area contributed by atoms with Crippen LogP contribution in [-0.4, -0.2) is 47.1 Å². The van der Waals surface area contributed by atoms with Gasteiger partial charge in [0.1, 0.15) is 4.99 Å². The molecular formula is C15H23N3O2S. The Morgan fingerprint density at radius 3 is 2.57 bits per heavy atom. The lowest BCUT2D eigenvalue weighted by atomic mass is 10.2. The molecule has 1 aromatic rings. The second-order valence-electron chi connectivity index (χ2n) is 5.20. The zero-order valence-electron chi connectivity index (χ0n) is 12.5. The van der Waals surface area contributed by atoms with Crippen molar-refractivity contribution in [2.75, 3.05) is 25.5 Å². The van der Waals surface area contributed by atoms with Crippen molar-refractivity contribution in [3.63, 3.8) is 0 Å². The van der Waals surface area contributed by atoms with Gasteiger partial charge in [0, 0.05) is 24.2 Å². The number of likely N-dealkylation sites (N-methyl/N-ethyl adjacent to an activating group) is 1. The van der Waals surface area contributed by atoms with Gasteiger partial charge in [-0.2, -0.15) is 0 Å². The Kier molecular flexibility index (Phi) is 7.28. The zero-order chi connectivity index (χ0) is 15.8. The third kappa shape index (κ3) is 7.17. The summed E-state index contributed by atoms with van der Waals surface area (Å²) in [4.78, 5) is 14.2. The third-order valence-electron chi connectivity index (χ3n) is 2.97. The SMILES string of the molecule is CC(O)CN(C)CCCC(=O)Nc1ccc(C(N)=S)cc1. The first-order valence-electron chi connectivity index (χ1n) is 6.95. The van der Waals surface area contributed by atoms with E-state index in [-0.39, 0.29) is 12.0 Å². The predicted molar refractivity (Wildman–Crippen MR) is 89.4 cm³/mol. The van der Waals surface area contributed by atoms with Crippen LogP contribution in [0.5, 0.6) is 0 Å². The van der Waals surface area contributed by atoms with Gasteiger partial charge in [-0.15, -0.1) is 0 Å². The average Bonchev–Trinajstić information content (AvgIpc) is 2.38. The zero-order valence-corrected chi connectivity index (χ0v) is 13.3. The van der Waals surface area contributed by atoms with Crippen LogP contribution in [0.25, 0.3) is 0 Å². The summed E-state index contributed by atoms with van der Waals surface area (Å²) in [5.74, 6) is -0.0245. The van der Waals surface area contributed by atoms with Crippen molar-refractivity contribution < 1.29 is 9.90 Å². The van der Waals surface area contributed by atoms with E-state index >= 15 is 0 Å². The number of nitrogens with zero attached hydrogens (tertiary/aromatic N) is 1. The maximum absolute atomic E-state index is 11.8. The molecule has 0 saturated heterocycles. The molecule has 1 unspecified atom stereocenters. The summed E-state index contributed by atoms with van der Waals surface area (Å²) in [6.45, 7) is 3.14. The molecule has 5 nitrogen and oxygen atoms in total. The molecule has 0 fully saturated rings. The van der Waals surface area contributed by atoms with E-state index in [9.17, 15) is 9.90 Å². The Morgan fingerprint density at radius 2 is 2.05 bits per heavy atom. The Labute approximate surface area is 131 Å². The number of carbonyl (C=O) groups is 1. The van der Waals surface area contributed by atoms with E-state index in [0.29, 0.717) is 18.0 Å². The molecule has 0 heterocycles. The van der Waals surface area contributed by atoms with E-state index in [2.05, 4.69) is 5.32 Å². The number of aliphatic hydroxyl groups excluding tert-OH is 1. The number of nitrogens with two attached hydrogens (primary N) is 1. The fourth-order valence-electron chi connectivity index (χ4n) is 1.99. The molecule has 0 saturated carbocycles. The molecule has 1 aromatic carbocycles. The highest BCUT2D eigenvalue weighted by Crippen LogP contribution is 2.10. The highest BCUT2D eigenvalue weighted by molar-refractivity contribution is 7.80. The summed E-state index contributed by atoms with van der Waals surface area (Å²) in [6.07, 6.45) is 0.845. The van der Waals surface area contributed by atoms with E-state index in [0.717, 1.165) is 24.2 Å². The summed E-state index contributed by atoms with van der Waals surface area (Å²) >= 11 is 4.87. The van der Waals surface area contributed by atoms with Crippen molar-refractivity contribution in [1.82, 2.24) is 4.90 Å². The van der Waals surface area contributed by atoms with Crippen LogP contribution in [0.1, 0.15) is 25.3 Å². The molecule has 1 rings (SSSR count). The van der Waals surface area contributed by atoms with Crippen LogP contribution in [-0.2, 0) is 4.79 Å². The van der Waals surface area contributed by atoms with Gasteiger partial charge in [-0.25, -0.2) is 0 Å². The molecule has 0 aliphatic heterocycles. The van der Waals surface area contributed by atoms with Gasteiger partial charge in [-0.05, 0) is 51.2 Å². The van der Waals surface area contributed by atoms with E-state index < -0.39 is 0 Å². The number of hydrogen-bond donors (Lipinski definition) is 3. The minimum Gasteiger partial charge on any atom is -0.392 e. The van der Waals surface area contributed by atoms with Crippen molar-refractivity contribution in [1.29, 1.82) is 0 Å². The molecule has 6 heteroatoms. The predicted octanol–water partition coefficient (Wildman–Crippen LogP) is 1.35. The van der Waals surface area contributed by atoms with Crippen LogP contribution in [0, 0.1) is 0 Å². The van der Waals surface area contributed by atoms with Crippen LogP contribution >= 0.6 is 12.2 Å². The van der Waals surface area contributed by atoms with Crippen LogP contribution in [0.4, 0.5) is 5.69 Å². The highest BCUT2D eigenvalue weighted by Gasteiger charge is 2.06. The molecule has 0 aromatic heterocycles. The van der Waals surface area contributed by atoms with Crippen molar-refractivity contribution in [3.05, 3.63) is 29.8 Å². The monoisotopic (exact) mass is 309 g/mol. The van der Waals surface area contributed by atoms with Crippen molar-refractivity contribution in [2.45, 2.75) is 25.9 Å². The first kappa shape index (κ1) is 17.6. The highest BCUT2D eigenvalue weighted by atomic mass is 32.1. The van der Waals surface area contributed by atoms with Crippen LogP contribution < -0.4 is 11.1 Å². The molecule has 4 N–H and O–H groups in total. The maximum atomic E-state index is 11.8. The minimum absolute atomic E-state index is 0.0245. The Hall–Kier alpha value is -1.50. The largest absolute Gasteiger partial charge is 0.392 e. The molecule has 0 aliphatic carbocycles. The van der Waals surface area contributed by atoms with Crippen molar-refractivity contribution in [2.24, 2.45) is 5.73 Å². The number of aliphatic hydroxyl groups is 1. The number of thiocarbonyl (C=S) groups is 1. The Balaban J connectivity index is 2.32. The second-order valence-corrected chi connectivity index (χ2v) is 5.64. The molecule has 116 valence electrons. The van der Waals surface area contributed by atoms with Gasteiger partial charge in [0.15, 0.2) is 0 Å². The Morgan fingerprint density at radius 1 is 1.43 bits per heavy atom. The number of carbonyl (C=O) groups excluding carboxylic acids is 1. The number of benzene rings is 1. The molecule has 21 heavy (non-hydrogen) atoms. The number of amides is 1. The minimum atomic E-state index is -0.351. The smallest absolute Gasteiger partial charge is 0.224 e. The van der Waals surface area contributed by atoms with Gasteiger partial charge in [0.05, 0.1) is 6.10 Å². The number of anilines is 1. The van der Waals surface area contributed by atoms with Crippen LogP contribution in [0.3, 0.4) is 0 Å². The number of rotatable bonds is 8. The van der Waals surface area contributed by atoms with E-state index in [1.54, 1.807) is 31.2 Å². The van der Waals surface area contributed by atoms with Crippen LogP contribution in [0.15, 0.2) is 24.3 Å². The van der Waals surface area contributed by atoms with Gasteiger partial charge in [0.2, 0.25) is 5.91 Å². The fraction of sp³-hybridized carbons (Fsp3) is 0.467. The van der Waals surface area contributed by atoms with Gasteiger partial charge in [0.25, 0.3) is 0 Å². The lowest BCUT2D eigenvalue weighted by molar-refractivity contribution is -0.116. The summed E-state index contributed by atoms with van der Waals surface area (Å²) < 4.78 is 0. The van der Waals surface area contributed by atoms with Gasteiger partial charge >= 0.3 is 0 Å². The lowest BCUT2D eigenvalue weighted by Crippen LogP contribution is -2.28. The fourth-order valence-corrected chi connectivity index (χ4v) is 2.13. The molecule has 1 atom stereocenters. The molecule has 0 bridgehead atoms. The molecule has 0 spiro atoms. The summed E-state index contributed by atoms with van der Waals surface area (Å²) in [6, 6.07) is 7.14. The Bertz CT molecular complexity index is 474. The third-order valence-corrected chi connectivity index (χ3v) is 3.21. The molecule has 1 amide bonds. The lowest BCUT2D eigenvalue weighted by Gasteiger charge is -2.17. The van der Waals surface area contributed by atoms with Crippen LogP contribution in [0.2, 0.25) is 0 Å². The second kappa shape index (κ2) is 8.71. The summed E-state index contributed by atoms with van der Waals surface area (Å²) in [7, 11) is 1.93. The topological polar surface area (TPSA) is 78.6 Å². The first-order valence-corrected chi connectivity index (χ1v) is 7.35. The van der Waals surface area contributed by atoms with Gasteiger partial charge < -0.3 is 21.1 Å². The van der Waals surface area contributed by atoms with Gasteiger partial charge in [-0.1, -0.05) is 12.2 Å². The first-order chi connectivity index (χ1) is 9.88. The van der Waals surface area contributed by atoms with E-state index in [4.69, 9.17) is 18.0 Å². The molecule has 0 radical (unpaired) electrons. The quantitative estimate of drug-likeness (QED) is 0.632. The summed E-state index contributed by atoms with van der Waals surface area (Å²) in [5, 5.41) is 12.1. The number of hydrogen-bond acceptors (Lipinski definition) is 4. The van der Waals surface area contributed by atoms with Crippen molar-refractivity contribution in [3.8, 4) is 0 Å². The molecular weight excluding hydrogens is 286 g/mol. The van der Waals surface area contributed by atoms with Gasteiger partial charge in [-0.3, -0.25) is 4.79 Å². The standard InChI is InChI=1S/C15H23N3O2S/c1-11(19)10-18(2)9-3-4-14(20)17-13-7-5-12(6-8-13)15(16)21/h5-8,11,19H,3-4,9-10H2,1-2H3,(H2,16,21)(H,17,20). The normalized spacial score (nSPS) is 12.2. The van der Waals surface area contributed by atoms with E-state index in [1.807, 2.05) is 11.9 Å². The number of nitrogens with one attached hydrogen (secondary N) is 1. The molecule has 0 aliphatic rings. The average molecular weight is 309 g/mol. The maximum Gasteiger partial charge on any atom is 0.224 e.